The van der Waals surface area contributed by atoms with E-state index in [0.29, 0.717) is 24.7 Å². The number of imide groups is 1. The van der Waals surface area contributed by atoms with Gasteiger partial charge in [0.2, 0.25) is 11.8 Å². The van der Waals surface area contributed by atoms with Crippen molar-refractivity contribution in [2.75, 3.05) is 19.7 Å². The van der Waals surface area contributed by atoms with E-state index in [0.717, 1.165) is 68.1 Å². The molecule has 47 heavy (non-hydrogen) atoms. The molecule has 4 atom stereocenters. The van der Waals surface area contributed by atoms with Crippen molar-refractivity contribution in [3.8, 4) is 5.75 Å². The lowest BCUT2D eigenvalue weighted by atomic mass is 9.67. The second kappa shape index (κ2) is 13.4. The SMILES string of the molecule is CC/C(=C\c1ccc(O)c2ccccc12)CC[C@H]1OC[C@H]2C1=C(C(C)C)C[C@H]1C(=O)N(C3CCN(Cc4ccccc4)CC3)C(=O)[C@H]12. The maximum Gasteiger partial charge on any atom is 0.234 e. The van der Waals surface area contributed by atoms with Gasteiger partial charge in [-0.15, -0.1) is 0 Å². The molecule has 7 rings (SSSR count). The molecule has 6 nitrogen and oxygen atoms in total. The molecule has 2 amide bonds. The van der Waals surface area contributed by atoms with Crippen LogP contribution < -0.4 is 0 Å². The molecule has 0 saturated carbocycles. The zero-order valence-electron chi connectivity index (χ0n) is 28.0. The van der Waals surface area contributed by atoms with Gasteiger partial charge in [-0.1, -0.05) is 98.7 Å². The summed E-state index contributed by atoms with van der Waals surface area (Å²) in [6.45, 7) is 9.87. The molecule has 0 radical (unpaired) electrons. The van der Waals surface area contributed by atoms with Crippen molar-refractivity contribution in [2.24, 2.45) is 23.7 Å². The van der Waals surface area contributed by atoms with Gasteiger partial charge < -0.3 is 9.84 Å². The van der Waals surface area contributed by atoms with Crippen molar-refractivity contribution in [3.05, 3.63) is 94.6 Å². The summed E-state index contributed by atoms with van der Waals surface area (Å²) in [5.74, 6) is 0.149. The van der Waals surface area contributed by atoms with Crippen molar-refractivity contribution in [3.63, 3.8) is 0 Å². The third-order valence-corrected chi connectivity index (χ3v) is 11.3. The summed E-state index contributed by atoms with van der Waals surface area (Å²) in [6.07, 6.45) is 7.29. The number of likely N-dealkylation sites (tertiary alicyclic amines) is 2. The first-order chi connectivity index (χ1) is 22.8. The van der Waals surface area contributed by atoms with E-state index < -0.39 is 0 Å². The van der Waals surface area contributed by atoms with Crippen LogP contribution >= 0.6 is 0 Å². The van der Waals surface area contributed by atoms with E-state index in [9.17, 15) is 14.7 Å². The van der Waals surface area contributed by atoms with Gasteiger partial charge in [-0.05, 0) is 72.6 Å². The molecule has 3 fully saturated rings. The predicted molar refractivity (Wildman–Crippen MR) is 186 cm³/mol. The molecular weight excluding hydrogens is 584 g/mol. The topological polar surface area (TPSA) is 70.1 Å². The van der Waals surface area contributed by atoms with Crippen LogP contribution in [0.4, 0.5) is 0 Å². The van der Waals surface area contributed by atoms with Crippen LogP contribution in [0.3, 0.4) is 0 Å². The van der Waals surface area contributed by atoms with E-state index in [-0.39, 0.29) is 41.7 Å². The number of fused-ring (bicyclic) bond motifs is 4. The molecule has 0 aromatic heterocycles. The van der Waals surface area contributed by atoms with Crippen LogP contribution in [0.2, 0.25) is 0 Å². The fourth-order valence-corrected chi connectivity index (χ4v) is 8.84. The molecule has 1 aliphatic carbocycles. The lowest BCUT2D eigenvalue weighted by Crippen LogP contribution is -2.47. The quantitative estimate of drug-likeness (QED) is 0.193. The molecule has 6 heteroatoms. The molecule has 3 heterocycles. The van der Waals surface area contributed by atoms with E-state index in [1.54, 1.807) is 11.0 Å². The Hall–Kier alpha value is -3.74. The van der Waals surface area contributed by atoms with Crippen molar-refractivity contribution >= 4 is 28.7 Å². The number of carbonyl (C=O) groups excluding carboxylic acids is 2. The van der Waals surface area contributed by atoms with E-state index >= 15 is 0 Å². The molecule has 1 N–H and O–H groups in total. The van der Waals surface area contributed by atoms with Gasteiger partial charge in [0, 0.05) is 37.0 Å². The van der Waals surface area contributed by atoms with Crippen LogP contribution in [0.15, 0.2) is 83.4 Å². The van der Waals surface area contributed by atoms with Crippen LogP contribution in [0.1, 0.15) is 70.4 Å². The molecule has 246 valence electrons. The summed E-state index contributed by atoms with van der Waals surface area (Å²) in [5, 5.41) is 12.3. The number of phenolic OH excluding ortho intramolecular Hbond substituents is 1. The van der Waals surface area contributed by atoms with Crippen LogP contribution in [0, 0.1) is 23.7 Å². The molecule has 3 aromatic rings. The fourth-order valence-electron chi connectivity index (χ4n) is 8.84. The zero-order chi connectivity index (χ0) is 32.7. The second-order valence-electron chi connectivity index (χ2n) is 14.4. The van der Waals surface area contributed by atoms with Crippen LogP contribution in [0.25, 0.3) is 16.8 Å². The van der Waals surface area contributed by atoms with Gasteiger partial charge in [-0.2, -0.15) is 0 Å². The fraction of sp³-hybridized carbons (Fsp3) is 0.463. The highest BCUT2D eigenvalue weighted by atomic mass is 16.5. The number of benzene rings is 3. The Balaban J connectivity index is 1.06. The number of allylic oxidation sites excluding steroid dienone is 2. The van der Waals surface area contributed by atoms with Gasteiger partial charge in [0.05, 0.1) is 24.5 Å². The van der Waals surface area contributed by atoms with Crippen molar-refractivity contribution in [2.45, 2.75) is 78.0 Å². The van der Waals surface area contributed by atoms with Gasteiger partial charge in [-0.3, -0.25) is 19.4 Å². The first kappa shape index (κ1) is 31.8. The van der Waals surface area contributed by atoms with Crippen molar-refractivity contribution in [1.82, 2.24) is 9.80 Å². The summed E-state index contributed by atoms with van der Waals surface area (Å²) in [6, 6.07) is 22.3. The molecule has 3 saturated heterocycles. The first-order valence-electron chi connectivity index (χ1n) is 17.7. The zero-order valence-corrected chi connectivity index (χ0v) is 28.0. The number of aromatic hydroxyl groups is 1. The molecule has 0 bridgehead atoms. The number of rotatable bonds is 9. The maximum atomic E-state index is 14.2. The Morgan fingerprint density at radius 2 is 1.66 bits per heavy atom. The van der Waals surface area contributed by atoms with E-state index in [1.165, 1.54) is 22.3 Å². The van der Waals surface area contributed by atoms with E-state index in [2.05, 4.69) is 62.1 Å². The standard InChI is InChI=1S/C41H48N2O4/c1-4-27(22-29-15-16-36(44)32-13-9-8-12-31(29)32)14-17-37-38-33(26(2)3)23-34-39(35(38)25-47-37)41(46)43(40(34)45)30-18-20-42(21-19-30)24-28-10-6-5-7-11-28/h5-13,15-16,22,26,30,34-35,37,39,44H,4,14,17-21,23-25H2,1-3H3/b27-22+/t34-,35+,37-,39-/m1/s1. The average molecular weight is 633 g/mol. The minimum atomic E-state index is -0.295. The molecule has 0 spiro atoms. The van der Waals surface area contributed by atoms with Gasteiger partial charge in [0.25, 0.3) is 0 Å². The summed E-state index contributed by atoms with van der Waals surface area (Å²) >= 11 is 0. The van der Waals surface area contributed by atoms with E-state index in [1.807, 2.05) is 30.3 Å². The first-order valence-corrected chi connectivity index (χ1v) is 17.7. The highest BCUT2D eigenvalue weighted by Gasteiger charge is 2.58. The van der Waals surface area contributed by atoms with Crippen LogP contribution in [0.5, 0.6) is 5.75 Å². The lowest BCUT2D eigenvalue weighted by Gasteiger charge is -2.36. The molecular formula is C41H48N2O4. The Labute approximate surface area is 279 Å². The third-order valence-electron chi connectivity index (χ3n) is 11.3. The summed E-state index contributed by atoms with van der Waals surface area (Å²) in [4.78, 5) is 32.3. The number of phenols is 1. The summed E-state index contributed by atoms with van der Waals surface area (Å²) in [7, 11) is 0. The second-order valence-corrected chi connectivity index (χ2v) is 14.4. The van der Waals surface area contributed by atoms with Crippen molar-refractivity contribution in [1.29, 1.82) is 0 Å². The average Bonchev–Trinajstić information content (AvgIpc) is 3.62. The van der Waals surface area contributed by atoms with Gasteiger partial charge in [0.15, 0.2) is 0 Å². The molecule has 4 aliphatic rings. The Kier molecular flexibility index (Phi) is 9.08. The number of ether oxygens (including phenoxy) is 1. The monoisotopic (exact) mass is 632 g/mol. The Morgan fingerprint density at radius 1 is 0.936 bits per heavy atom. The maximum absolute atomic E-state index is 14.2. The summed E-state index contributed by atoms with van der Waals surface area (Å²) < 4.78 is 6.55. The number of carbonyl (C=O) groups is 2. The minimum Gasteiger partial charge on any atom is -0.507 e. The third kappa shape index (κ3) is 6.07. The predicted octanol–water partition coefficient (Wildman–Crippen LogP) is 7.76. The highest BCUT2D eigenvalue weighted by molar-refractivity contribution is 6.06. The van der Waals surface area contributed by atoms with Crippen LogP contribution in [-0.4, -0.2) is 58.6 Å². The lowest BCUT2D eigenvalue weighted by molar-refractivity contribution is -0.144. The van der Waals surface area contributed by atoms with E-state index in [4.69, 9.17) is 4.74 Å². The summed E-state index contributed by atoms with van der Waals surface area (Å²) in [5.41, 5.74) is 6.41. The van der Waals surface area contributed by atoms with Gasteiger partial charge in [-0.25, -0.2) is 0 Å². The highest BCUT2D eigenvalue weighted by Crippen LogP contribution is 2.52. The van der Waals surface area contributed by atoms with Gasteiger partial charge >= 0.3 is 0 Å². The molecule has 0 unspecified atom stereocenters. The number of nitrogens with zero attached hydrogens (tertiary/aromatic N) is 2. The Bertz CT molecular complexity index is 1700. The normalized spacial score (nSPS) is 25.7. The number of hydrogen-bond acceptors (Lipinski definition) is 5. The number of amides is 2. The molecule has 3 aromatic carbocycles. The Morgan fingerprint density at radius 3 is 2.38 bits per heavy atom. The smallest absolute Gasteiger partial charge is 0.234 e. The van der Waals surface area contributed by atoms with Gasteiger partial charge in [0.1, 0.15) is 5.75 Å². The largest absolute Gasteiger partial charge is 0.507 e. The number of piperidine rings is 1. The minimum absolute atomic E-state index is 0.00846. The van der Waals surface area contributed by atoms with Crippen molar-refractivity contribution < 1.29 is 19.4 Å². The molecule has 3 aliphatic heterocycles. The number of hydrogen-bond donors (Lipinski definition) is 1. The van der Waals surface area contributed by atoms with Crippen LogP contribution in [-0.2, 0) is 20.9 Å².